The van der Waals surface area contributed by atoms with Gasteiger partial charge in [-0.25, -0.2) is 0 Å². The minimum atomic E-state index is -0.625. The van der Waals surface area contributed by atoms with Crippen LogP contribution < -0.4 is 0 Å². The van der Waals surface area contributed by atoms with E-state index in [9.17, 15) is 5.11 Å². The van der Waals surface area contributed by atoms with E-state index in [0.717, 1.165) is 0 Å². The van der Waals surface area contributed by atoms with Crippen LogP contribution in [0.2, 0.25) is 0 Å². The second kappa shape index (κ2) is 1.89. The third-order valence-electron chi connectivity index (χ3n) is 2.87. The van der Waals surface area contributed by atoms with Gasteiger partial charge in [0.25, 0.3) is 0 Å². The quantitative estimate of drug-likeness (QED) is 0.531. The molecule has 1 aliphatic rings. The largest absolute Gasteiger partial charge is 0.384 e. The van der Waals surface area contributed by atoms with Crippen LogP contribution in [-0.2, 0) is 0 Å². The lowest BCUT2D eigenvalue weighted by atomic mass is 9.55. The molecule has 1 heteroatoms. The van der Waals surface area contributed by atoms with Crippen molar-refractivity contribution in [3.63, 3.8) is 0 Å². The Morgan fingerprint density at radius 1 is 1.09 bits per heavy atom. The molecule has 0 heterocycles. The molecular formula is C10H18O. The summed E-state index contributed by atoms with van der Waals surface area (Å²) in [6.07, 6.45) is 3.98. The molecule has 0 aliphatic heterocycles. The van der Waals surface area contributed by atoms with E-state index in [1.165, 1.54) is 0 Å². The summed E-state index contributed by atoms with van der Waals surface area (Å²) in [4.78, 5) is 0. The third-order valence-corrected chi connectivity index (χ3v) is 2.87. The highest BCUT2D eigenvalue weighted by molar-refractivity contribution is 5.29. The Bertz CT molecular complexity index is 195. The van der Waals surface area contributed by atoms with Gasteiger partial charge in [0.05, 0.1) is 5.60 Å². The summed E-state index contributed by atoms with van der Waals surface area (Å²) in [5.74, 6) is 0. The predicted octanol–water partition coefficient (Wildman–Crippen LogP) is 2.36. The van der Waals surface area contributed by atoms with Crippen molar-refractivity contribution in [3.05, 3.63) is 12.2 Å². The molecular weight excluding hydrogens is 136 g/mol. The molecule has 1 rings (SSSR count). The van der Waals surface area contributed by atoms with E-state index in [-0.39, 0.29) is 10.8 Å². The summed E-state index contributed by atoms with van der Waals surface area (Å²) in [6.45, 7) is 10.3. The Morgan fingerprint density at radius 2 is 1.55 bits per heavy atom. The maximum absolute atomic E-state index is 10.2. The lowest BCUT2D eigenvalue weighted by Gasteiger charge is -2.53. The van der Waals surface area contributed by atoms with E-state index in [2.05, 4.69) is 40.7 Å². The van der Waals surface area contributed by atoms with Gasteiger partial charge in [0.2, 0.25) is 0 Å². The minimum absolute atomic E-state index is 0.0642. The molecule has 0 saturated carbocycles. The molecule has 0 aromatic rings. The number of aliphatic hydroxyl groups is 1. The van der Waals surface area contributed by atoms with E-state index in [1.807, 2.05) is 6.08 Å². The summed E-state index contributed by atoms with van der Waals surface area (Å²) in [5.41, 5.74) is -0.753. The minimum Gasteiger partial charge on any atom is -0.384 e. The molecule has 1 N–H and O–H groups in total. The van der Waals surface area contributed by atoms with E-state index >= 15 is 0 Å². The highest BCUT2D eigenvalue weighted by Gasteiger charge is 2.53. The van der Waals surface area contributed by atoms with Gasteiger partial charge in [-0.1, -0.05) is 46.8 Å². The van der Waals surface area contributed by atoms with Gasteiger partial charge in [-0.15, -0.1) is 0 Å². The predicted molar refractivity (Wildman–Crippen MR) is 47.3 cm³/mol. The standard InChI is InChI=1S/C10H18O/c1-8(2,3)10(11)7-6-9(10,4)5/h6-7,11H,1-5H3. The first kappa shape index (κ1) is 8.79. The van der Waals surface area contributed by atoms with Crippen LogP contribution in [0, 0.1) is 10.8 Å². The number of rotatable bonds is 0. The maximum Gasteiger partial charge on any atom is 0.0960 e. The molecule has 0 spiro atoms. The van der Waals surface area contributed by atoms with Gasteiger partial charge in [-0.3, -0.25) is 0 Å². The van der Waals surface area contributed by atoms with E-state index < -0.39 is 5.60 Å². The SMILES string of the molecule is CC(C)(C)C1(O)C=CC1(C)C. The average Bonchev–Trinajstić information content (AvgIpc) is 1.81. The number of hydrogen-bond donors (Lipinski definition) is 1. The molecule has 1 unspecified atom stereocenters. The van der Waals surface area contributed by atoms with E-state index in [1.54, 1.807) is 0 Å². The Labute approximate surface area is 69.1 Å². The van der Waals surface area contributed by atoms with Crippen molar-refractivity contribution in [1.29, 1.82) is 0 Å². The summed E-state index contributed by atoms with van der Waals surface area (Å²) < 4.78 is 0. The lowest BCUT2D eigenvalue weighted by Crippen LogP contribution is -2.57. The fourth-order valence-corrected chi connectivity index (χ4v) is 1.79. The van der Waals surface area contributed by atoms with Crippen molar-refractivity contribution in [2.45, 2.75) is 40.2 Å². The fourth-order valence-electron chi connectivity index (χ4n) is 1.79. The Morgan fingerprint density at radius 3 is 1.55 bits per heavy atom. The zero-order valence-corrected chi connectivity index (χ0v) is 8.10. The van der Waals surface area contributed by atoms with Crippen LogP contribution in [0.15, 0.2) is 12.2 Å². The molecule has 0 saturated heterocycles. The molecule has 1 nitrogen and oxygen atoms in total. The van der Waals surface area contributed by atoms with Gasteiger partial charge in [-0.05, 0) is 5.41 Å². The van der Waals surface area contributed by atoms with E-state index in [4.69, 9.17) is 0 Å². The first-order valence-electron chi connectivity index (χ1n) is 4.13. The molecule has 1 atom stereocenters. The lowest BCUT2D eigenvalue weighted by molar-refractivity contribution is -0.104. The fraction of sp³-hybridized carbons (Fsp3) is 0.800. The van der Waals surface area contributed by atoms with Gasteiger partial charge >= 0.3 is 0 Å². The second-order valence-corrected chi connectivity index (χ2v) is 5.07. The van der Waals surface area contributed by atoms with Crippen molar-refractivity contribution < 1.29 is 5.11 Å². The maximum atomic E-state index is 10.2. The van der Waals surface area contributed by atoms with Crippen LogP contribution in [0.4, 0.5) is 0 Å². The molecule has 0 radical (unpaired) electrons. The van der Waals surface area contributed by atoms with E-state index in [0.29, 0.717) is 0 Å². The molecule has 0 aromatic carbocycles. The van der Waals surface area contributed by atoms with Gasteiger partial charge < -0.3 is 5.11 Å². The van der Waals surface area contributed by atoms with Crippen molar-refractivity contribution in [2.75, 3.05) is 0 Å². The van der Waals surface area contributed by atoms with Crippen LogP contribution >= 0.6 is 0 Å². The normalized spacial score (nSPS) is 35.1. The third kappa shape index (κ3) is 0.943. The van der Waals surface area contributed by atoms with Crippen LogP contribution in [0.25, 0.3) is 0 Å². The molecule has 0 fully saturated rings. The van der Waals surface area contributed by atoms with Gasteiger partial charge in [0, 0.05) is 5.41 Å². The summed E-state index contributed by atoms with van der Waals surface area (Å²) in [5, 5.41) is 10.2. The Hall–Kier alpha value is -0.300. The van der Waals surface area contributed by atoms with Crippen molar-refractivity contribution in [2.24, 2.45) is 10.8 Å². The van der Waals surface area contributed by atoms with Gasteiger partial charge in [-0.2, -0.15) is 0 Å². The van der Waals surface area contributed by atoms with Crippen LogP contribution in [0.5, 0.6) is 0 Å². The topological polar surface area (TPSA) is 20.2 Å². The zero-order chi connectivity index (χ0) is 8.91. The molecule has 64 valence electrons. The zero-order valence-electron chi connectivity index (χ0n) is 8.10. The van der Waals surface area contributed by atoms with Gasteiger partial charge in [0.1, 0.15) is 0 Å². The highest BCUT2D eigenvalue weighted by atomic mass is 16.3. The van der Waals surface area contributed by atoms with Crippen LogP contribution in [0.1, 0.15) is 34.6 Å². The van der Waals surface area contributed by atoms with Crippen molar-refractivity contribution >= 4 is 0 Å². The molecule has 0 bridgehead atoms. The molecule has 1 aliphatic carbocycles. The monoisotopic (exact) mass is 154 g/mol. The molecule has 0 aromatic heterocycles. The van der Waals surface area contributed by atoms with Crippen molar-refractivity contribution in [3.8, 4) is 0 Å². The molecule has 0 amide bonds. The van der Waals surface area contributed by atoms with Gasteiger partial charge in [0.15, 0.2) is 0 Å². The molecule has 11 heavy (non-hydrogen) atoms. The smallest absolute Gasteiger partial charge is 0.0960 e. The summed E-state index contributed by atoms with van der Waals surface area (Å²) in [6, 6.07) is 0. The Kier molecular flexibility index (Phi) is 1.51. The summed E-state index contributed by atoms with van der Waals surface area (Å²) >= 11 is 0. The number of hydrogen-bond acceptors (Lipinski definition) is 1. The summed E-state index contributed by atoms with van der Waals surface area (Å²) in [7, 11) is 0. The second-order valence-electron chi connectivity index (χ2n) is 5.07. The average molecular weight is 154 g/mol. The van der Waals surface area contributed by atoms with Crippen LogP contribution in [0.3, 0.4) is 0 Å². The first-order valence-corrected chi connectivity index (χ1v) is 4.13. The first-order chi connectivity index (χ1) is 4.71. The Balaban J connectivity index is 2.98. The van der Waals surface area contributed by atoms with Crippen LogP contribution in [-0.4, -0.2) is 10.7 Å². The van der Waals surface area contributed by atoms with Crippen molar-refractivity contribution in [1.82, 2.24) is 0 Å². The highest BCUT2D eigenvalue weighted by Crippen LogP contribution is 2.52.